The highest BCUT2D eigenvalue weighted by molar-refractivity contribution is 7.99. The van der Waals surface area contributed by atoms with Crippen LogP contribution < -0.4 is 10.1 Å². The summed E-state index contributed by atoms with van der Waals surface area (Å²) in [6, 6.07) is 11.4. The normalized spacial score (nSPS) is 11.2. The van der Waals surface area contributed by atoms with Gasteiger partial charge in [-0.3, -0.25) is 9.36 Å². The Labute approximate surface area is 187 Å². The van der Waals surface area contributed by atoms with E-state index < -0.39 is 17.6 Å². The minimum absolute atomic E-state index is 0.0882. The van der Waals surface area contributed by atoms with Gasteiger partial charge in [0.2, 0.25) is 5.91 Å². The van der Waals surface area contributed by atoms with E-state index in [-0.39, 0.29) is 10.8 Å². The van der Waals surface area contributed by atoms with Gasteiger partial charge in [0.15, 0.2) is 0 Å². The Morgan fingerprint density at radius 3 is 2.44 bits per heavy atom. The average molecular weight is 460 g/mol. The molecule has 0 atom stereocenters. The Hall–Kier alpha value is -3.45. The molecule has 0 radical (unpaired) electrons. The number of hydrogen-bond donors (Lipinski definition) is 1. The van der Waals surface area contributed by atoms with E-state index in [2.05, 4.69) is 16.4 Å². The summed E-state index contributed by atoms with van der Waals surface area (Å²) in [6.45, 7) is 3.64. The number of anilines is 1. The van der Waals surface area contributed by atoms with Crippen LogP contribution in [0.3, 0.4) is 0 Å². The second-order valence-electron chi connectivity index (χ2n) is 6.80. The summed E-state index contributed by atoms with van der Waals surface area (Å²) in [6.07, 6.45) is -3.74. The number of ether oxygens (including phenoxy) is 1. The Kier molecular flexibility index (Phi) is 6.79. The maximum atomic E-state index is 12.7. The summed E-state index contributed by atoms with van der Waals surface area (Å²) < 4.78 is 44.9. The highest BCUT2D eigenvalue weighted by Gasteiger charge is 2.30. The average Bonchev–Trinajstić information content (AvgIpc) is 3.01. The number of nitrogens with zero attached hydrogens (tertiary/aromatic N) is 3. The molecule has 2 heterocycles. The van der Waals surface area contributed by atoms with Crippen LogP contribution in [0.25, 0.3) is 5.69 Å². The van der Waals surface area contributed by atoms with Gasteiger partial charge in [-0.1, -0.05) is 11.8 Å². The van der Waals surface area contributed by atoms with E-state index in [9.17, 15) is 23.2 Å². The molecule has 1 N–H and O–H groups in total. The number of carbonyl (C=O) groups excluding carboxylic acids is 1. The minimum atomic E-state index is -4.47. The number of nitrogens with one attached hydrogen (secondary N) is 1. The topological polar surface area (TPSA) is 79.9 Å². The van der Waals surface area contributed by atoms with Crippen LogP contribution in [-0.2, 0) is 11.0 Å². The minimum Gasteiger partial charge on any atom is -0.497 e. The van der Waals surface area contributed by atoms with Crippen molar-refractivity contribution in [3.8, 4) is 17.5 Å². The Bertz CT molecular complexity index is 1160. The number of carbonyl (C=O) groups is 1. The van der Waals surface area contributed by atoms with Gasteiger partial charge in [-0.05, 0) is 55.8 Å². The van der Waals surface area contributed by atoms with Crippen molar-refractivity contribution in [2.45, 2.75) is 25.0 Å². The number of aromatic nitrogens is 2. The summed E-state index contributed by atoms with van der Waals surface area (Å²) in [7, 11) is 1.56. The van der Waals surface area contributed by atoms with Gasteiger partial charge >= 0.3 is 6.18 Å². The van der Waals surface area contributed by atoms with Crippen molar-refractivity contribution in [1.82, 2.24) is 9.55 Å². The molecule has 3 rings (SSSR count). The fourth-order valence-electron chi connectivity index (χ4n) is 3.06. The van der Waals surface area contributed by atoms with Gasteiger partial charge in [-0.25, -0.2) is 4.98 Å². The van der Waals surface area contributed by atoms with Crippen molar-refractivity contribution < 1.29 is 22.7 Å². The number of halogens is 3. The van der Waals surface area contributed by atoms with E-state index in [0.717, 1.165) is 41.0 Å². The first-order valence-electron chi connectivity index (χ1n) is 9.38. The van der Waals surface area contributed by atoms with Crippen LogP contribution in [-0.4, -0.2) is 28.3 Å². The Morgan fingerprint density at radius 1 is 1.22 bits per heavy atom. The van der Waals surface area contributed by atoms with Crippen LogP contribution in [0, 0.1) is 25.2 Å². The predicted molar refractivity (Wildman–Crippen MR) is 115 cm³/mol. The quantitative estimate of drug-likeness (QED) is 0.517. The molecule has 0 saturated carbocycles. The molecule has 166 valence electrons. The molecule has 0 aliphatic rings. The monoisotopic (exact) mass is 460 g/mol. The highest BCUT2D eigenvalue weighted by atomic mass is 32.2. The number of amides is 1. The van der Waals surface area contributed by atoms with Gasteiger partial charge in [0.05, 0.1) is 29.0 Å². The number of methoxy groups -OCH3 is 1. The molecule has 1 amide bonds. The van der Waals surface area contributed by atoms with Crippen LogP contribution in [0.5, 0.6) is 5.75 Å². The van der Waals surface area contributed by atoms with Gasteiger partial charge in [0.1, 0.15) is 17.6 Å². The van der Waals surface area contributed by atoms with E-state index in [4.69, 9.17) is 4.74 Å². The number of pyridine rings is 1. The molecule has 6 nitrogen and oxygen atoms in total. The molecule has 0 aliphatic heterocycles. The lowest BCUT2D eigenvalue weighted by Gasteiger charge is -2.14. The van der Waals surface area contributed by atoms with E-state index in [1.807, 2.05) is 19.1 Å². The third kappa shape index (κ3) is 4.89. The molecule has 0 fully saturated rings. The molecule has 0 spiro atoms. The lowest BCUT2D eigenvalue weighted by Crippen LogP contribution is -2.18. The second kappa shape index (κ2) is 9.36. The molecule has 0 saturated heterocycles. The molecular formula is C22H19F3N4O2S. The lowest BCUT2D eigenvalue weighted by molar-refractivity contribution is -0.137. The molecular weight excluding hydrogens is 441 g/mol. The molecule has 0 unspecified atom stereocenters. The third-order valence-electron chi connectivity index (χ3n) is 4.83. The van der Waals surface area contributed by atoms with Crippen LogP contribution in [0.4, 0.5) is 19.0 Å². The number of thioether (sulfide) groups is 1. The maximum Gasteiger partial charge on any atom is 0.417 e. The maximum absolute atomic E-state index is 12.7. The Balaban J connectivity index is 1.81. The highest BCUT2D eigenvalue weighted by Crippen LogP contribution is 2.32. The third-order valence-corrected chi connectivity index (χ3v) is 5.77. The summed E-state index contributed by atoms with van der Waals surface area (Å²) in [5.74, 6) is 0.496. The molecule has 0 aliphatic carbocycles. The first-order valence-corrected chi connectivity index (χ1v) is 10.4. The zero-order valence-electron chi connectivity index (χ0n) is 17.4. The summed E-state index contributed by atoms with van der Waals surface area (Å²) in [4.78, 5) is 16.4. The molecule has 3 aromatic rings. The van der Waals surface area contributed by atoms with Crippen LogP contribution >= 0.6 is 11.8 Å². The van der Waals surface area contributed by atoms with Gasteiger partial charge < -0.3 is 10.1 Å². The lowest BCUT2D eigenvalue weighted by atomic mass is 10.2. The van der Waals surface area contributed by atoms with E-state index in [0.29, 0.717) is 17.1 Å². The molecule has 2 aromatic heterocycles. The summed E-state index contributed by atoms with van der Waals surface area (Å²) in [5.41, 5.74) is 1.74. The number of nitriles is 1. The number of rotatable bonds is 6. The molecule has 10 heteroatoms. The molecule has 1 aromatic carbocycles. The number of benzene rings is 1. The van der Waals surface area contributed by atoms with E-state index >= 15 is 0 Å². The van der Waals surface area contributed by atoms with E-state index in [1.54, 1.807) is 30.7 Å². The van der Waals surface area contributed by atoms with Crippen molar-refractivity contribution in [3.05, 3.63) is 65.0 Å². The zero-order valence-corrected chi connectivity index (χ0v) is 18.3. The van der Waals surface area contributed by atoms with Crippen LogP contribution in [0.2, 0.25) is 0 Å². The van der Waals surface area contributed by atoms with Crippen molar-refractivity contribution in [2.75, 3.05) is 18.2 Å². The first kappa shape index (κ1) is 23.2. The second-order valence-corrected chi connectivity index (χ2v) is 7.79. The SMILES string of the molecule is COc1ccc(-n2c(C)c(C)c(C#N)c2NC(=O)CSc2ccc(C(F)(F)F)cn2)cc1. The summed E-state index contributed by atoms with van der Waals surface area (Å²) >= 11 is 0.999. The summed E-state index contributed by atoms with van der Waals surface area (Å²) in [5, 5.41) is 12.7. The zero-order chi connectivity index (χ0) is 23.5. The van der Waals surface area contributed by atoms with E-state index in [1.165, 1.54) is 6.07 Å². The predicted octanol–water partition coefficient (Wildman–Crippen LogP) is 5.12. The van der Waals surface area contributed by atoms with Crippen molar-refractivity contribution >= 4 is 23.5 Å². The standard InChI is InChI=1S/C22H19F3N4O2S/c1-13-14(2)29(16-5-7-17(31-3)8-6-16)21(18(13)10-26)28-19(30)12-32-20-9-4-15(11-27-20)22(23,24)25/h4-9,11H,12H2,1-3H3,(H,28,30). The molecule has 0 bridgehead atoms. The largest absolute Gasteiger partial charge is 0.497 e. The van der Waals surface area contributed by atoms with Crippen LogP contribution in [0.1, 0.15) is 22.4 Å². The number of alkyl halides is 3. The smallest absolute Gasteiger partial charge is 0.417 e. The fraction of sp³-hybridized carbons (Fsp3) is 0.227. The van der Waals surface area contributed by atoms with Crippen molar-refractivity contribution in [1.29, 1.82) is 5.26 Å². The molecule has 32 heavy (non-hydrogen) atoms. The number of hydrogen-bond acceptors (Lipinski definition) is 5. The Morgan fingerprint density at radius 2 is 1.91 bits per heavy atom. The van der Waals surface area contributed by atoms with Gasteiger partial charge in [0.25, 0.3) is 0 Å². The van der Waals surface area contributed by atoms with Crippen molar-refractivity contribution in [2.24, 2.45) is 0 Å². The van der Waals surface area contributed by atoms with Crippen LogP contribution in [0.15, 0.2) is 47.6 Å². The van der Waals surface area contributed by atoms with Gasteiger partial charge in [-0.15, -0.1) is 0 Å². The first-order chi connectivity index (χ1) is 15.2. The fourth-order valence-corrected chi connectivity index (χ4v) is 3.70. The van der Waals surface area contributed by atoms with Gasteiger partial charge in [-0.2, -0.15) is 18.4 Å². The van der Waals surface area contributed by atoms with Crippen molar-refractivity contribution in [3.63, 3.8) is 0 Å². The van der Waals surface area contributed by atoms with Gasteiger partial charge in [0, 0.05) is 17.6 Å².